The van der Waals surface area contributed by atoms with E-state index >= 15 is 0 Å². The maximum atomic E-state index is 13.9. The molecule has 36 heavy (non-hydrogen) atoms. The molecule has 1 amide bonds. The summed E-state index contributed by atoms with van der Waals surface area (Å²) in [5, 5.41) is 1.71. The Labute approximate surface area is 217 Å². The first-order valence-corrected chi connectivity index (χ1v) is 14.4. The lowest BCUT2D eigenvalue weighted by atomic mass is 9.87. The van der Waals surface area contributed by atoms with Gasteiger partial charge in [0.2, 0.25) is 5.91 Å². The highest BCUT2D eigenvalue weighted by Gasteiger charge is 2.30. The molecule has 4 rings (SSSR count). The van der Waals surface area contributed by atoms with Crippen molar-refractivity contribution in [2.24, 2.45) is 4.99 Å². The fourth-order valence-electron chi connectivity index (χ4n) is 4.02. The van der Waals surface area contributed by atoms with Crippen LogP contribution in [0.15, 0.2) is 70.7 Å². The zero-order chi connectivity index (χ0) is 25.9. The van der Waals surface area contributed by atoms with Gasteiger partial charge in [-0.25, -0.2) is 8.42 Å². The van der Waals surface area contributed by atoms with Crippen LogP contribution in [-0.2, 0) is 20.2 Å². The summed E-state index contributed by atoms with van der Waals surface area (Å²) in [6, 6.07) is 15.9. The number of nitrogens with zero attached hydrogens (tertiary/aromatic N) is 4. The fourth-order valence-corrected chi connectivity index (χ4v) is 6.28. The molecule has 0 aliphatic carbocycles. The van der Waals surface area contributed by atoms with Crippen LogP contribution < -0.4 is 4.31 Å². The van der Waals surface area contributed by atoms with E-state index in [4.69, 9.17) is 0 Å². The minimum Gasteiger partial charge on any atom is -0.335 e. The summed E-state index contributed by atoms with van der Waals surface area (Å²) in [7, 11) is -4.02. The number of sulfonamides is 1. The van der Waals surface area contributed by atoms with E-state index in [2.05, 4.69) is 30.7 Å². The Morgan fingerprint density at radius 2 is 1.83 bits per heavy atom. The molecule has 0 saturated carbocycles. The number of aliphatic imine (C=N–C) groups is 1. The van der Waals surface area contributed by atoms with E-state index in [1.807, 2.05) is 25.1 Å². The van der Waals surface area contributed by atoms with Crippen LogP contribution in [0.5, 0.6) is 0 Å². The molecule has 0 spiro atoms. The molecule has 0 N–H and O–H groups in total. The number of fused-ring (bicyclic) bond motifs is 1. The summed E-state index contributed by atoms with van der Waals surface area (Å²) in [6.45, 7) is 9.45. The van der Waals surface area contributed by atoms with Gasteiger partial charge in [-0.1, -0.05) is 39.0 Å². The normalized spacial score (nSPS) is 14.1. The van der Waals surface area contributed by atoms with Gasteiger partial charge in [0.15, 0.2) is 0 Å². The van der Waals surface area contributed by atoms with E-state index in [1.165, 1.54) is 4.31 Å². The summed E-state index contributed by atoms with van der Waals surface area (Å²) in [5.74, 6) is 0.644. The number of carbonyl (C=O) groups excluding carboxylic acids is 1. The number of aromatic nitrogens is 1. The van der Waals surface area contributed by atoms with Crippen LogP contribution >= 0.6 is 11.8 Å². The second-order valence-corrected chi connectivity index (χ2v) is 12.7. The minimum atomic E-state index is -4.02. The number of carbonyl (C=O) groups is 1. The van der Waals surface area contributed by atoms with Gasteiger partial charge in [0.1, 0.15) is 6.54 Å². The molecule has 0 unspecified atom stereocenters. The summed E-state index contributed by atoms with van der Waals surface area (Å²) in [5.41, 5.74) is 2.11. The van der Waals surface area contributed by atoms with Crippen molar-refractivity contribution < 1.29 is 13.2 Å². The van der Waals surface area contributed by atoms with Crippen molar-refractivity contribution in [1.82, 2.24) is 9.88 Å². The molecule has 0 saturated heterocycles. The molecule has 7 nitrogen and oxygen atoms in total. The molecule has 0 bridgehead atoms. The lowest BCUT2D eigenvalue weighted by Crippen LogP contribution is -2.44. The fraction of sp³-hybridized carbons (Fsp3) is 0.370. The number of thioether (sulfide) groups is 1. The van der Waals surface area contributed by atoms with Crippen molar-refractivity contribution >= 4 is 49.3 Å². The smallest absolute Gasteiger partial charge is 0.264 e. The third-order valence-electron chi connectivity index (χ3n) is 6.17. The first-order chi connectivity index (χ1) is 17.1. The first kappa shape index (κ1) is 26.2. The van der Waals surface area contributed by atoms with E-state index in [1.54, 1.807) is 59.3 Å². The van der Waals surface area contributed by atoms with Gasteiger partial charge >= 0.3 is 0 Å². The Morgan fingerprint density at radius 3 is 2.47 bits per heavy atom. The lowest BCUT2D eigenvalue weighted by Gasteiger charge is -2.28. The van der Waals surface area contributed by atoms with Gasteiger partial charge in [0, 0.05) is 30.4 Å². The zero-order valence-corrected chi connectivity index (χ0v) is 22.8. The number of amides is 1. The highest BCUT2D eigenvalue weighted by Crippen LogP contribution is 2.29. The molecular formula is C27H32N4O3S2. The number of pyridine rings is 1. The summed E-state index contributed by atoms with van der Waals surface area (Å²) in [4.78, 5) is 24.0. The summed E-state index contributed by atoms with van der Waals surface area (Å²) in [6.07, 6.45) is 1.69. The van der Waals surface area contributed by atoms with Crippen molar-refractivity contribution in [3.05, 3.63) is 66.4 Å². The molecule has 1 aliphatic rings. The molecule has 0 atom stereocenters. The predicted octanol–water partition coefficient (Wildman–Crippen LogP) is 4.72. The van der Waals surface area contributed by atoms with Crippen LogP contribution in [0.1, 0.15) is 33.3 Å². The highest BCUT2D eigenvalue weighted by molar-refractivity contribution is 8.14. The van der Waals surface area contributed by atoms with Gasteiger partial charge in [-0.15, -0.1) is 11.8 Å². The molecule has 2 aromatic carbocycles. The SMILES string of the molecule is CCN(CC1=NCCS1)C(=O)CN(c1ccc2ncccc2c1)S(=O)(=O)c1ccc(C(C)(C)C)cc1. The van der Waals surface area contributed by atoms with Crippen molar-refractivity contribution in [3.8, 4) is 0 Å². The van der Waals surface area contributed by atoms with E-state index < -0.39 is 10.0 Å². The molecule has 0 fully saturated rings. The van der Waals surface area contributed by atoms with E-state index in [0.717, 1.165) is 33.8 Å². The Kier molecular flexibility index (Phi) is 7.70. The Morgan fingerprint density at radius 1 is 1.08 bits per heavy atom. The van der Waals surface area contributed by atoms with Gasteiger partial charge in [-0.3, -0.25) is 19.1 Å². The third kappa shape index (κ3) is 5.73. The van der Waals surface area contributed by atoms with Crippen molar-refractivity contribution in [1.29, 1.82) is 0 Å². The zero-order valence-electron chi connectivity index (χ0n) is 21.1. The Hall–Kier alpha value is -2.91. The van der Waals surface area contributed by atoms with Crippen LogP contribution in [-0.4, -0.2) is 61.2 Å². The van der Waals surface area contributed by atoms with Crippen LogP contribution in [0.3, 0.4) is 0 Å². The van der Waals surface area contributed by atoms with Gasteiger partial charge in [-0.05, 0) is 54.3 Å². The van der Waals surface area contributed by atoms with E-state index in [9.17, 15) is 13.2 Å². The summed E-state index contributed by atoms with van der Waals surface area (Å²) >= 11 is 1.64. The number of anilines is 1. The lowest BCUT2D eigenvalue weighted by molar-refractivity contribution is -0.128. The van der Waals surface area contributed by atoms with Crippen LogP contribution in [0.2, 0.25) is 0 Å². The van der Waals surface area contributed by atoms with E-state index in [0.29, 0.717) is 18.8 Å². The monoisotopic (exact) mass is 524 g/mol. The molecular weight excluding hydrogens is 492 g/mol. The minimum absolute atomic E-state index is 0.105. The molecule has 1 aliphatic heterocycles. The Balaban J connectivity index is 1.72. The highest BCUT2D eigenvalue weighted by atomic mass is 32.2. The van der Waals surface area contributed by atoms with Crippen molar-refractivity contribution in [2.45, 2.75) is 38.0 Å². The number of likely N-dealkylation sites (N-methyl/N-ethyl adjacent to an activating group) is 1. The summed E-state index contributed by atoms with van der Waals surface area (Å²) < 4.78 is 29.1. The van der Waals surface area contributed by atoms with Crippen molar-refractivity contribution in [2.75, 3.05) is 36.2 Å². The number of rotatable bonds is 8. The maximum Gasteiger partial charge on any atom is 0.264 e. The van der Waals surface area contributed by atoms with Gasteiger partial charge in [0.05, 0.1) is 27.7 Å². The second-order valence-electron chi connectivity index (χ2n) is 9.70. The average Bonchev–Trinajstić information content (AvgIpc) is 3.38. The third-order valence-corrected chi connectivity index (χ3v) is 8.94. The predicted molar refractivity (Wildman–Crippen MR) is 148 cm³/mol. The standard InChI is InChI=1S/C27H32N4O3S2/c1-5-30(18-25-29-15-16-35-25)26(32)19-31(22-10-13-24-20(17-22)7-6-14-28-24)36(33,34)23-11-8-21(9-12-23)27(2,3)4/h6-14,17H,5,15-16,18-19H2,1-4H3. The second kappa shape index (κ2) is 10.6. The van der Waals surface area contributed by atoms with Crippen LogP contribution in [0.4, 0.5) is 5.69 Å². The van der Waals surface area contributed by atoms with Crippen LogP contribution in [0, 0.1) is 0 Å². The quantitative estimate of drug-likeness (QED) is 0.426. The number of hydrogen-bond donors (Lipinski definition) is 0. The molecule has 9 heteroatoms. The van der Waals surface area contributed by atoms with Gasteiger partial charge in [-0.2, -0.15) is 0 Å². The first-order valence-electron chi connectivity index (χ1n) is 12.0. The van der Waals surface area contributed by atoms with E-state index in [-0.39, 0.29) is 22.8 Å². The number of benzene rings is 2. The average molecular weight is 525 g/mol. The molecule has 1 aromatic heterocycles. The largest absolute Gasteiger partial charge is 0.335 e. The number of hydrogen-bond acceptors (Lipinski definition) is 6. The topological polar surface area (TPSA) is 82.9 Å². The molecule has 3 aromatic rings. The maximum absolute atomic E-state index is 13.9. The molecule has 190 valence electrons. The van der Waals surface area contributed by atoms with Crippen molar-refractivity contribution in [3.63, 3.8) is 0 Å². The molecule has 0 radical (unpaired) electrons. The van der Waals surface area contributed by atoms with Gasteiger partial charge in [0.25, 0.3) is 10.0 Å². The Bertz CT molecular complexity index is 1380. The van der Waals surface area contributed by atoms with Crippen LogP contribution in [0.25, 0.3) is 10.9 Å². The van der Waals surface area contributed by atoms with Gasteiger partial charge < -0.3 is 4.90 Å². The molecule has 2 heterocycles.